The number of carbonyl (C=O) groups is 1. The Labute approximate surface area is 110 Å². The van der Waals surface area contributed by atoms with Crippen LogP contribution in [0.2, 0.25) is 0 Å². The Morgan fingerprint density at radius 1 is 1.42 bits per heavy atom. The minimum absolute atomic E-state index is 0.0223. The molecule has 1 aromatic heterocycles. The maximum Gasteiger partial charge on any atom is 0.293 e. The van der Waals surface area contributed by atoms with Gasteiger partial charge in [0.15, 0.2) is 0 Å². The summed E-state index contributed by atoms with van der Waals surface area (Å²) in [6.07, 6.45) is 2.88. The molecule has 100 valence electrons. The lowest BCUT2D eigenvalue weighted by Crippen LogP contribution is -2.17. The Hall–Kier alpha value is -2.37. The third-order valence-corrected chi connectivity index (χ3v) is 3.05. The maximum atomic E-state index is 11.2. The highest BCUT2D eigenvalue weighted by Crippen LogP contribution is 2.26. The molecule has 2 aromatic rings. The van der Waals surface area contributed by atoms with Gasteiger partial charge in [-0.25, -0.2) is 0 Å². The molecule has 0 saturated carbocycles. The Balaban J connectivity index is 2.24. The molecule has 0 aliphatic rings. The number of carbonyl (C=O) groups excluding carboxylic acids is 1. The maximum absolute atomic E-state index is 11.2. The number of nitrogens with one attached hydrogen (secondary N) is 1. The molecule has 0 fully saturated rings. The molecule has 1 heterocycles. The summed E-state index contributed by atoms with van der Waals surface area (Å²) in [4.78, 5) is 21.8. The second kappa shape index (κ2) is 5.51. The van der Waals surface area contributed by atoms with Crippen LogP contribution in [0.1, 0.15) is 12.8 Å². The highest BCUT2D eigenvalue weighted by atomic mass is 16.6. The van der Waals surface area contributed by atoms with E-state index in [2.05, 4.69) is 5.32 Å². The largest absolute Gasteiger partial charge is 0.359 e. The van der Waals surface area contributed by atoms with Crippen molar-refractivity contribution in [3.05, 3.63) is 40.6 Å². The van der Waals surface area contributed by atoms with Crippen LogP contribution < -0.4 is 5.32 Å². The van der Waals surface area contributed by atoms with Gasteiger partial charge in [-0.3, -0.25) is 14.9 Å². The van der Waals surface area contributed by atoms with Crippen molar-refractivity contribution in [3.63, 3.8) is 0 Å². The molecule has 0 aliphatic heterocycles. The fourth-order valence-corrected chi connectivity index (χ4v) is 2.11. The van der Waals surface area contributed by atoms with Crippen molar-refractivity contribution in [2.75, 3.05) is 7.05 Å². The summed E-state index contributed by atoms with van der Waals surface area (Å²) in [5, 5.41) is 14.4. The van der Waals surface area contributed by atoms with Gasteiger partial charge in [0.25, 0.3) is 5.69 Å². The summed E-state index contributed by atoms with van der Waals surface area (Å²) in [5.74, 6) is -0.0223. The monoisotopic (exact) mass is 261 g/mol. The molecule has 19 heavy (non-hydrogen) atoms. The number of nitro benzene ring substituents is 1. The zero-order chi connectivity index (χ0) is 13.8. The van der Waals surface area contributed by atoms with Gasteiger partial charge in [0.2, 0.25) is 5.91 Å². The fraction of sp³-hybridized carbons (Fsp3) is 0.308. The molecule has 0 saturated heterocycles. The van der Waals surface area contributed by atoms with Crippen LogP contribution in [-0.2, 0) is 11.3 Å². The second-order valence-corrected chi connectivity index (χ2v) is 4.26. The lowest BCUT2D eigenvalue weighted by atomic mass is 10.2. The highest BCUT2D eigenvalue weighted by Gasteiger charge is 2.15. The number of para-hydroxylation sites is 1. The summed E-state index contributed by atoms with van der Waals surface area (Å²) < 4.78 is 1.83. The SMILES string of the molecule is CNC(=O)CCCn1ccc2cccc([N+](=O)[O-])c21. The average molecular weight is 261 g/mol. The minimum atomic E-state index is -0.377. The van der Waals surface area contributed by atoms with Crippen molar-refractivity contribution < 1.29 is 9.72 Å². The highest BCUT2D eigenvalue weighted by molar-refractivity contribution is 5.88. The predicted molar refractivity (Wildman–Crippen MR) is 71.9 cm³/mol. The Kier molecular flexibility index (Phi) is 3.79. The normalized spacial score (nSPS) is 10.6. The Morgan fingerprint density at radius 2 is 2.21 bits per heavy atom. The van der Waals surface area contributed by atoms with Crippen LogP contribution in [-0.4, -0.2) is 22.4 Å². The standard InChI is InChI=1S/C13H15N3O3/c1-14-12(17)6-3-8-15-9-7-10-4-2-5-11(13(10)15)16(18)19/h2,4-5,7,9H,3,6,8H2,1H3,(H,14,17). The fourth-order valence-electron chi connectivity index (χ4n) is 2.11. The van der Waals surface area contributed by atoms with E-state index in [1.807, 2.05) is 22.9 Å². The van der Waals surface area contributed by atoms with E-state index in [4.69, 9.17) is 0 Å². The van der Waals surface area contributed by atoms with Crippen molar-refractivity contribution in [1.29, 1.82) is 0 Å². The summed E-state index contributed by atoms with van der Waals surface area (Å²) in [6.45, 7) is 0.585. The van der Waals surface area contributed by atoms with Crippen molar-refractivity contribution in [2.45, 2.75) is 19.4 Å². The van der Waals surface area contributed by atoms with Crippen LogP contribution in [0.4, 0.5) is 5.69 Å². The number of benzene rings is 1. The molecule has 0 bridgehead atoms. The number of nitrogens with zero attached hydrogens (tertiary/aromatic N) is 2. The van der Waals surface area contributed by atoms with E-state index in [0.29, 0.717) is 24.9 Å². The molecule has 0 radical (unpaired) electrons. The summed E-state index contributed by atoms with van der Waals surface area (Å²) >= 11 is 0. The Morgan fingerprint density at radius 3 is 2.89 bits per heavy atom. The second-order valence-electron chi connectivity index (χ2n) is 4.26. The first-order valence-electron chi connectivity index (χ1n) is 6.06. The van der Waals surface area contributed by atoms with Crippen molar-refractivity contribution >= 4 is 22.5 Å². The van der Waals surface area contributed by atoms with Crippen LogP contribution in [0.25, 0.3) is 10.9 Å². The minimum Gasteiger partial charge on any atom is -0.359 e. The molecule has 6 heteroatoms. The smallest absolute Gasteiger partial charge is 0.293 e. The third-order valence-electron chi connectivity index (χ3n) is 3.05. The molecule has 2 rings (SSSR count). The Bertz CT molecular complexity index is 619. The molecule has 0 atom stereocenters. The molecule has 0 spiro atoms. The predicted octanol–water partition coefficient (Wildman–Crippen LogP) is 2.08. The van der Waals surface area contributed by atoms with Gasteiger partial charge >= 0.3 is 0 Å². The van der Waals surface area contributed by atoms with E-state index in [9.17, 15) is 14.9 Å². The lowest BCUT2D eigenvalue weighted by molar-refractivity contribution is -0.383. The zero-order valence-electron chi connectivity index (χ0n) is 10.6. The first-order valence-corrected chi connectivity index (χ1v) is 6.06. The van der Waals surface area contributed by atoms with Gasteiger partial charge in [-0.05, 0) is 12.5 Å². The van der Waals surface area contributed by atoms with Gasteiger partial charge in [0.05, 0.1) is 4.92 Å². The third kappa shape index (κ3) is 2.73. The molecular weight excluding hydrogens is 246 g/mol. The number of aromatic nitrogens is 1. The summed E-state index contributed by atoms with van der Waals surface area (Å²) in [7, 11) is 1.60. The van der Waals surface area contributed by atoms with E-state index >= 15 is 0 Å². The first kappa shape index (κ1) is 13.1. The summed E-state index contributed by atoms with van der Waals surface area (Å²) in [6, 6.07) is 6.87. The number of fused-ring (bicyclic) bond motifs is 1. The molecular formula is C13H15N3O3. The van der Waals surface area contributed by atoms with Crippen LogP contribution in [0.3, 0.4) is 0 Å². The average Bonchev–Trinajstić information content (AvgIpc) is 2.81. The van der Waals surface area contributed by atoms with Gasteiger partial charge in [-0.1, -0.05) is 12.1 Å². The van der Waals surface area contributed by atoms with Crippen LogP contribution in [0.5, 0.6) is 0 Å². The van der Waals surface area contributed by atoms with Gasteiger partial charge in [-0.15, -0.1) is 0 Å². The van der Waals surface area contributed by atoms with Crippen LogP contribution in [0, 0.1) is 10.1 Å². The van der Waals surface area contributed by atoms with E-state index in [0.717, 1.165) is 5.39 Å². The molecule has 1 amide bonds. The van der Waals surface area contributed by atoms with Gasteiger partial charge in [0.1, 0.15) is 5.52 Å². The molecule has 6 nitrogen and oxygen atoms in total. The van der Waals surface area contributed by atoms with Crippen molar-refractivity contribution in [3.8, 4) is 0 Å². The van der Waals surface area contributed by atoms with Gasteiger partial charge in [-0.2, -0.15) is 0 Å². The molecule has 0 aliphatic carbocycles. The van der Waals surface area contributed by atoms with Crippen LogP contribution in [0.15, 0.2) is 30.5 Å². The number of non-ortho nitro benzene ring substituents is 1. The van der Waals surface area contributed by atoms with E-state index in [-0.39, 0.29) is 16.5 Å². The van der Waals surface area contributed by atoms with Gasteiger partial charge < -0.3 is 9.88 Å². The molecule has 1 aromatic carbocycles. The van der Waals surface area contributed by atoms with E-state index < -0.39 is 0 Å². The van der Waals surface area contributed by atoms with Crippen LogP contribution >= 0.6 is 0 Å². The van der Waals surface area contributed by atoms with Crippen molar-refractivity contribution in [2.24, 2.45) is 0 Å². The zero-order valence-corrected chi connectivity index (χ0v) is 10.6. The van der Waals surface area contributed by atoms with E-state index in [1.54, 1.807) is 13.1 Å². The number of hydrogen-bond donors (Lipinski definition) is 1. The van der Waals surface area contributed by atoms with Gasteiger partial charge in [0, 0.05) is 37.7 Å². The van der Waals surface area contributed by atoms with E-state index in [1.165, 1.54) is 6.07 Å². The molecule has 0 unspecified atom stereocenters. The quantitative estimate of drug-likeness (QED) is 0.661. The number of rotatable bonds is 5. The lowest BCUT2D eigenvalue weighted by Gasteiger charge is -2.05. The number of nitro groups is 1. The number of amides is 1. The van der Waals surface area contributed by atoms with Crippen molar-refractivity contribution in [1.82, 2.24) is 9.88 Å². The molecule has 1 N–H and O–H groups in total. The topological polar surface area (TPSA) is 77.2 Å². The first-order chi connectivity index (χ1) is 9.13. The number of hydrogen-bond acceptors (Lipinski definition) is 3. The number of aryl methyl sites for hydroxylation is 1. The summed E-state index contributed by atoms with van der Waals surface area (Å²) in [5.41, 5.74) is 0.715.